The molecule has 1 aromatic rings. The van der Waals surface area contributed by atoms with Crippen molar-refractivity contribution in [1.29, 1.82) is 0 Å². The van der Waals surface area contributed by atoms with E-state index in [9.17, 15) is 9.18 Å². The summed E-state index contributed by atoms with van der Waals surface area (Å²) in [6.45, 7) is 6.71. The molecule has 0 radical (unpaired) electrons. The first-order chi connectivity index (χ1) is 6.99. The topological polar surface area (TPSA) is 26.3 Å². The van der Waals surface area contributed by atoms with Crippen molar-refractivity contribution in [3.63, 3.8) is 0 Å². The van der Waals surface area contributed by atoms with Gasteiger partial charge in [-0.05, 0) is 31.6 Å². The molecule has 0 saturated heterocycles. The van der Waals surface area contributed by atoms with E-state index in [0.717, 1.165) is 0 Å². The van der Waals surface area contributed by atoms with Crippen LogP contribution in [-0.2, 0) is 0 Å². The van der Waals surface area contributed by atoms with E-state index >= 15 is 0 Å². The van der Waals surface area contributed by atoms with Crippen LogP contribution in [0.25, 0.3) is 5.57 Å². The third kappa shape index (κ3) is 2.06. The van der Waals surface area contributed by atoms with Gasteiger partial charge in [-0.15, -0.1) is 0 Å². The van der Waals surface area contributed by atoms with E-state index in [1.165, 1.54) is 20.1 Å². The predicted octanol–water partition coefficient (Wildman–Crippen LogP) is 3.07. The van der Waals surface area contributed by atoms with Crippen molar-refractivity contribution in [3.8, 4) is 5.75 Å². The number of ether oxygens (including phenoxy) is 1. The Balaban J connectivity index is 3.51. The highest BCUT2D eigenvalue weighted by atomic mass is 19.1. The lowest BCUT2D eigenvalue weighted by atomic mass is 9.98. The Labute approximate surface area is 88.4 Å². The molecule has 0 heterocycles. The second-order valence-corrected chi connectivity index (χ2v) is 3.34. The van der Waals surface area contributed by atoms with Crippen molar-refractivity contribution >= 4 is 11.4 Å². The van der Waals surface area contributed by atoms with E-state index in [1.807, 2.05) is 0 Å². The van der Waals surface area contributed by atoms with Crippen molar-refractivity contribution in [3.05, 3.63) is 35.7 Å². The van der Waals surface area contributed by atoms with Gasteiger partial charge in [0.05, 0.1) is 7.11 Å². The predicted molar refractivity (Wildman–Crippen MR) is 57.7 cm³/mol. The number of hydrogen-bond acceptors (Lipinski definition) is 2. The van der Waals surface area contributed by atoms with Crippen LogP contribution < -0.4 is 4.74 Å². The fourth-order valence-electron chi connectivity index (χ4n) is 1.43. The van der Waals surface area contributed by atoms with E-state index in [2.05, 4.69) is 6.58 Å². The quantitative estimate of drug-likeness (QED) is 0.713. The molecule has 0 aromatic heterocycles. The van der Waals surface area contributed by atoms with Gasteiger partial charge >= 0.3 is 0 Å². The highest BCUT2D eigenvalue weighted by Crippen LogP contribution is 2.28. The first-order valence-electron chi connectivity index (χ1n) is 4.52. The molecular formula is C12H13FO2. The van der Waals surface area contributed by atoms with Crippen molar-refractivity contribution in [2.45, 2.75) is 13.8 Å². The molecule has 15 heavy (non-hydrogen) atoms. The van der Waals surface area contributed by atoms with Crippen LogP contribution in [0.2, 0.25) is 0 Å². The van der Waals surface area contributed by atoms with Crippen LogP contribution in [0.5, 0.6) is 5.75 Å². The summed E-state index contributed by atoms with van der Waals surface area (Å²) in [6.07, 6.45) is 0. The second-order valence-electron chi connectivity index (χ2n) is 3.34. The summed E-state index contributed by atoms with van der Waals surface area (Å²) in [6, 6.07) is 2.99. The lowest BCUT2D eigenvalue weighted by molar-refractivity contribution is 0.101. The molecule has 0 atom stereocenters. The average Bonchev–Trinajstić information content (AvgIpc) is 2.16. The van der Waals surface area contributed by atoms with Gasteiger partial charge in [0.1, 0.15) is 0 Å². The molecule has 0 saturated carbocycles. The van der Waals surface area contributed by atoms with Gasteiger partial charge in [0.25, 0.3) is 0 Å². The summed E-state index contributed by atoms with van der Waals surface area (Å²) < 4.78 is 18.6. The van der Waals surface area contributed by atoms with Gasteiger partial charge in [0.15, 0.2) is 17.3 Å². The minimum absolute atomic E-state index is 0.123. The zero-order chi connectivity index (χ0) is 11.6. The zero-order valence-corrected chi connectivity index (χ0v) is 9.06. The van der Waals surface area contributed by atoms with Gasteiger partial charge in [-0.25, -0.2) is 4.39 Å². The number of carbonyl (C=O) groups excluding carboxylic acids is 1. The van der Waals surface area contributed by atoms with Crippen LogP contribution in [0.1, 0.15) is 29.8 Å². The number of methoxy groups -OCH3 is 1. The van der Waals surface area contributed by atoms with Gasteiger partial charge in [-0.2, -0.15) is 0 Å². The van der Waals surface area contributed by atoms with Crippen LogP contribution in [0.4, 0.5) is 4.39 Å². The summed E-state index contributed by atoms with van der Waals surface area (Å²) in [5.74, 6) is -0.592. The maximum atomic E-state index is 13.8. The molecule has 2 nitrogen and oxygen atoms in total. The third-order valence-electron chi connectivity index (χ3n) is 2.13. The highest BCUT2D eigenvalue weighted by Gasteiger charge is 2.16. The Morgan fingerprint density at radius 3 is 2.40 bits per heavy atom. The molecule has 3 heteroatoms. The van der Waals surface area contributed by atoms with Crippen molar-refractivity contribution in [2.75, 3.05) is 7.11 Å². The summed E-state index contributed by atoms with van der Waals surface area (Å²) in [5.41, 5.74) is 1.08. The Hall–Kier alpha value is -1.64. The Kier molecular flexibility index (Phi) is 3.24. The number of hydrogen-bond donors (Lipinski definition) is 0. The highest BCUT2D eigenvalue weighted by molar-refractivity contribution is 5.99. The number of halogens is 1. The smallest absolute Gasteiger partial charge is 0.173 e. The zero-order valence-electron chi connectivity index (χ0n) is 9.06. The van der Waals surface area contributed by atoms with Crippen LogP contribution in [-0.4, -0.2) is 12.9 Å². The molecule has 0 aliphatic carbocycles. The fourth-order valence-corrected chi connectivity index (χ4v) is 1.43. The van der Waals surface area contributed by atoms with Gasteiger partial charge in [0.2, 0.25) is 0 Å². The van der Waals surface area contributed by atoms with E-state index in [0.29, 0.717) is 11.1 Å². The maximum absolute atomic E-state index is 13.8. The average molecular weight is 208 g/mol. The fraction of sp³-hybridized carbons (Fsp3) is 0.250. The molecule has 1 rings (SSSR count). The Morgan fingerprint density at radius 1 is 1.40 bits per heavy atom. The standard InChI is InChI=1S/C12H13FO2/c1-7(2)11-9(8(3)14)5-6-10(15-4)12(11)13/h5-6H,1H2,2-4H3. The molecule has 0 unspecified atom stereocenters. The lowest BCUT2D eigenvalue weighted by Gasteiger charge is -2.11. The molecule has 0 aliphatic rings. The molecule has 0 spiro atoms. The van der Waals surface area contributed by atoms with Crippen LogP contribution in [0, 0.1) is 5.82 Å². The monoisotopic (exact) mass is 208 g/mol. The Bertz CT molecular complexity index is 422. The summed E-state index contributed by atoms with van der Waals surface area (Å²) in [4.78, 5) is 11.3. The maximum Gasteiger partial charge on any atom is 0.173 e. The molecular weight excluding hydrogens is 195 g/mol. The largest absolute Gasteiger partial charge is 0.494 e. The van der Waals surface area contributed by atoms with Gasteiger partial charge in [0, 0.05) is 11.1 Å². The first kappa shape index (κ1) is 11.4. The third-order valence-corrected chi connectivity index (χ3v) is 2.13. The summed E-state index contributed by atoms with van der Waals surface area (Å²) >= 11 is 0. The molecule has 1 aromatic carbocycles. The van der Waals surface area contributed by atoms with E-state index in [1.54, 1.807) is 13.0 Å². The molecule has 0 aliphatic heterocycles. The Morgan fingerprint density at radius 2 is 2.00 bits per heavy atom. The van der Waals surface area contributed by atoms with Crippen LogP contribution in [0.15, 0.2) is 18.7 Å². The minimum Gasteiger partial charge on any atom is -0.494 e. The lowest BCUT2D eigenvalue weighted by Crippen LogP contribution is -2.02. The first-order valence-corrected chi connectivity index (χ1v) is 4.52. The van der Waals surface area contributed by atoms with Gasteiger partial charge in [-0.3, -0.25) is 4.79 Å². The van der Waals surface area contributed by atoms with E-state index in [4.69, 9.17) is 4.74 Å². The van der Waals surface area contributed by atoms with Gasteiger partial charge in [-0.1, -0.05) is 6.58 Å². The molecule has 0 bridgehead atoms. The number of allylic oxidation sites excluding steroid dienone is 1. The molecule has 80 valence electrons. The van der Waals surface area contributed by atoms with E-state index < -0.39 is 5.82 Å². The molecule has 0 N–H and O–H groups in total. The number of carbonyl (C=O) groups is 1. The SMILES string of the molecule is C=C(C)c1c(C(C)=O)ccc(OC)c1F. The molecule has 0 fully saturated rings. The van der Waals surface area contributed by atoms with E-state index in [-0.39, 0.29) is 17.1 Å². The number of Topliss-reactive ketones (excluding diaryl/α,β-unsaturated/α-hetero) is 1. The summed E-state index contributed by atoms with van der Waals surface area (Å²) in [7, 11) is 1.38. The minimum atomic E-state index is -0.530. The number of ketones is 1. The number of benzene rings is 1. The van der Waals surface area contributed by atoms with Crippen LogP contribution >= 0.6 is 0 Å². The summed E-state index contributed by atoms with van der Waals surface area (Å²) in [5, 5.41) is 0. The normalized spacial score (nSPS) is 9.87. The second kappa shape index (κ2) is 4.26. The van der Waals surface area contributed by atoms with Crippen molar-refractivity contribution in [1.82, 2.24) is 0 Å². The van der Waals surface area contributed by atoms with Crippen molar-refractivity contribution in [2.24, 2.45) is 0 Å². The van der Waals surface area contributed by atoms with Crippen molar-refractivity contribution < 1.29 is 13.9 Å². The molecule has 0 amide bonds. The van der Waals surface area contributed by atoms with Gasteiger partial charge < -0.3 is 4.74 Å². The van der Waals surface area contributed by atoms with Crippen LogP contribution in [0.3, 0.4) is 0 Å². The number of rotatable bonds is 3.